The van der Waals surface area contributed by atoms with Crippen LogP contribution in [0.5, 0.6) is 11.6 Å². The van der Waals surface area contributed by atoms with E-state index >= 15 is 0 Å². The second kappa shape index (κ2) is 7.18. The molecule has 0 radical (unpaired) electrons. The number of carbonyl (C=O) groups is 1. The number of aromatic nitrogens is 1. The topological polar surface area (TPSA) is 75.4 Å². The largest absolute Gasteiger partial charge is 0.494 e. The summed E-state index contributed by atoms with van der Waals surface area (Å²) in [7, 11) is 1.37. The van der Waals surface area contributed by atoms with E-state index in [-0.39, 0.29) is 23.3 Å². The molecule has 2 aromatic rings. The fourth-order valence-corrected chi connectivity index (χ4v) is 2.71. The van der Waals surface area contributed by atoms with E-state index in [4.69, 9.17) is 14.7 Å². The maximum atomic E-state index is 13.8. The van der Waals surface area contributed by atoms with Crippen molar-refractivity contribution >= 4 is 5.91 Å². The van der Waals surface area contributed by atoms with Crippen LogP contribution in [0.25, 0.3) is 0 Å². The van der Waals surface area contributed by atoms with E-state index in [0.29, 0.717) is 31.0 Å². The van der Waals surface area contributed by atoms with Crippen molar-refractivity contribution in [3.8, 4) is 17.7 Å². The Bertz CT molecular complexity index is 835. The molecule has 1 aromatic heterocycles. The Balaban J connectivity index is 1.65. The molecular formula is C18H16FN3O3. The number of hydrogen-bond donors (Lipinski definition) is 0. The van der Waals surface area contributed by atoms with E-state index in [9.17, 15) is 9.18 Å². The number of likely N-dealkylation sites (tertiary alicyclic amines) is 1. The Morgan fingerprint density at radius 2 is 2.24 bits per heavy atom. The minimum absolute atomic E-state index is 0.0997. The first kappa shape index (κ1) is 16.7. The molecule has 0 aliphatic carbocycles. The Morgan fingerprint density at radius 3 is 2.96 bits per heavy atom. The van der Waals surface area contributed by atoms with Crippen molar-refractivity contribution in [1.29, 1.82) is 5.26 Å². The van der Waals surface area contributed by atoms with Gasteiger partial charge in [0.2, 0.25) is 5.88 Å². The predicted octanol–water partition coefficient (Wildman–Crippen LogP) is 2.39. The van der Waals surface area contributed by atoms with Gasteiger partial charge in [0.15, 0.2) is 11.6 Å². The minimum Gasteiger partial charge on any atom is -0.494 e. The quantitative estimate of drug-likeness (QED) is 0.853. The first-order valence-corrected chi connectivity index (χ1v) is 7.76. The number of hydrogen-bond acceptors (Lipinski definition) is 5. The number of methoxy groups -OCH3 is 1. The highest BCUT2D eigenvalue weighted by Gasteiger charge is 2.29. The van der Waals surface area contributed by atoms with Crippen molar-refractivity contribution in [1.82, 2.24) is 9.88 Å². The van der Waals surface area contributed by atoms with Crippen molar-refractivity contribution in [2.45, 2.75) is 12.5 Å². The number of amides is 1. The number of halogens is 1. The molecule has 3 rings (SSSR count). The lowest BCUT2D eigenvalue weighted by molar-refractivity contribution is 0.0770. The van der Waals surface area contributed by atoms with Crippen molar-refractivity contribution in [2.75, 3.05) is 20.2 Å². The van der Waals surface area contributed by atoms with Gasteiger partial charge in [-0.05, 0) is 24.3 Å². The van der Waals surface area contributed by atoms with E-state index in [0.717, 1.165) is 0 Å². The van der Waals surface area contributed by atoms with Crippen molar-refractivity contribution in [2.24, 2.45) is 0 Å². The summed E-state index contributed by atoms with van der Waals surface area (Å²) in [5.41, 5.74) is 0.730. The lowest BCUT2D eigenvalue weighted by atomic mass is 10.2. The van der Waals surface area contributed by atoms with Crippen LogP contribution >= 0.6 is 0 Å². The molecule has 1 aromatic carbocycles. The van der Waals surface area contributed by atoms with E-state index in [1.807, 2.05) is 6.07 Å². The summed E-state index contributed by atoms with van der Waals surface area (Å²) < 4.78 is 24.4. The van der Waals surface area contributed by atoms with Crippen LogP contribution in [0.2, 0.25) is 0 Å². The molecule has 1 fully saturated rings. The van der Waals surface area contributed by atoms with Crippen LogP contribution in [0, 0.1) is 17.1 Å². The summed E-state index contributed by atoms with van der Waals surface area (Å²) in [4.78, 5) is 18.2. The molecule has 7 heteroatoms. The maximum absolute atomic E-state index is 13.8. The van der Waals surface area contributed by atoms with Gasteiger partial charge < -0.3 is 14.4 Å². The van der Waals surface area contributed by atoms with E-state index in [1.54, 1.807) is 17.0 Å². The highest BCUT2D eigenvalue weighted by Crippen LogP contribution is 2.22. The van der Waals surface area contributed by atoms with Crippen molar-refractivity contribution in [3.05, 3.63) is 53.5 Å². The maximum Gasteiger partial charge on any atom is 0.254 e. The summed E-state index contributed by atoms with van der Waals surface area (Å²) in [5.74, 6) is -0.374. The fourth-order valence-electron chi connectivity index (χ4n) is 2.71. The SMILES string of the molecule is COc1ccc(C(=O)N2CCC(Oc3cc(C#N)ccn3)C2)cc1F. The zero-order chi connectivity index (χ0) is 17.8. The number of ether oxygens (including phenoxy) is 2. The second-order valence-electron chi connectivity index (χ2n) is 5.62. The molecule has 0 N–H and O–H groups in total. The minimum atomic E-state index is -0.571. The Kier molecular flexibility index (Phi) is 4.80. The van der Waals surface area contributed by atoms with Gasteiger partial charge in [-0.2, -0.15) is 5.26 Å². The van der Waals surface area contributed by atoms with Gasteiger partial charge in [-0.1, -0.05) is 0 Å². The second-order valence-corrected chi connectivity index (χ2v) is 5.62. The molecule has 1 aliphatic heterocycles. The lowest BCUT2D eigenvalue weighted by Crippen LogP contribution is -2.31. The number of nitrogens with zero attached hydrogens (tertiary/aromatic N) is 3. The number of rotatable bonds is 4. The van der Waals surface area contributed by atoms with Gasteiger partial charge in [0.05, 0.1) is 25.3 Å². The van der Waals surface area contributed by atoms with Gasteiger partial charge in [0.25, 0.3) is 5.91 Å². The van der Waals surface area contributed by atoms with E-state index in [2.05, 4.69) is 4.98 Å². The average molecular weight is 341 g/mol. The number of carbonyl (C=O) groups excluding carboxylic acids is 1. The van der Waals surface area contributed by atoms with Gasteiger partial charge in [-0.3, -0.25) is 4.79 Å². The van der Waals surface area contributed by atoms with Gasteiger partial charge in [-0.15, -0.1) is 0 Å². The number of pyridine rings is 1. The summed E-state index contributed by atoms with van der Waals surface area (Å²) >= 11 is 0. The zero-order valence-corrected chi connectivity index (χ0v) is 13.6. The third-order valence-electron chi connectivity index (χ3n) is 3.98. The molecular weight excluding hydrogens is 325 g/mol. The van der Waals surface area contributed by atoms with Crippen LogP contribution in [0.15, 0.2) is 36.5 Å². The number of nitriles is 1. The molecule has 1 saturated heterocycles. The number of benzene rings is 1. The smallest absolute Gasteiger partial charge is 0.254 e. The van der Waals surface area contributed by atoms with Crippen LogP contribution in [0.4, 0.5) is 4.39 Å². The predicted molar refractivity (Wildman–Crippen MR) is 86.8 cm³/mol. The standard InChI is InChI=1S/C18H16FN3O3/c1-24-16-3-2-13(9-15(16)19)18(23)22-7-5-14(11-22)25-17-8-12(10-20)4-6-21-17/h2-4,6,8-9,14H,5,7,11H2,1H3. The third-order valence-corrected chi connectivity index (χ3v) is 3.98. The Morgan fingerprint density at radius 1 is 1.40 bits per heavy atom. The summed E-state index contributed by atoms with van der Waals surface area (Å²) in [6.45, 7) is 0.889. The van der Waals surface area contributed by atoms with Crippen molar-refractivity contribution < 1.29 is 18.7 Å². The first-order chi connectivity index (χ1) is 12.1. The lowest BCUT2D eigenvalue weighted by Gasteiger charge is -2.17. The fraction of sp³-hybridized carbons (Fsp3) is 0.278. The van der Waals surface area contributed by atoms with Gasteiger partial charge in [-0.25, -0.2) is 9.37 Å². The molecule has 25 heavy (non-hydrogen) atoms. The Hall–Kier alpha value is -3.14. The van der Waals surface area contributed by atoms with Crippen molar-refractivity contribution in [3.63, 3.8) is 0 Å². The molecule has 0 bridgehead atoms. The van der Waals surface area contributed by atoms with Gasteiger partial charge in [0.1, 0.15) is 6.10 Å². The highest BCUT2D eigenvalue weighted by molar-refractivity contribution is 5.94. The molecule has 0 saturated carbocycles. The molecule has 0 spiro atoms. The molecule has 2 heterocycles. The van der Waals surface area contributed by atoms with Gasteiger partial charge >= 0.3 is 0 Å². The molecule has 128 valence electrons. The Labute approximate surface area is 144 Å². The van der Waals surface area contributed by atoms with Crippen LogP contribution in [-0.2, 0) is 0 Å². The summed E-state index contributed by atoms with van der Waals surface area (Å²) in [5, 5.41) is 8.90. The molecule has 6 nitrogen and oxygen atoms in total. The molecule has 1 aliphatic rings. The van der Waals surface area contributed by atoms with Crippen LogP contribution in [-0.4, -0.2) is 42.1 Å². The summed E-state index contributed by atoms with van der Waals surface area (Å²) in [6, 6.07) is 9.32. The van der Waals surface area contributed by atoms with Crippen LogP contribution in [0.1, 0.15) is 22.3 Å². The molecule has 1 atom stereocenters. The molecule has 1 amide bonds. The van der Waals surface area contributed by atoms with Crippen LogP contribution < -0.4 is 9.47 Å². The normalized spacial score (nSPS) is 16.4. The monoisotopic (exact) mass is 341 g/mol. The van der Waals surface area contributed by atoms with E-state index in [1.165, 1.54) is 31.5 Å². The summed E-state index contributed by atoms with van der Waals surface area (Å²) in [6.07, 6.45) is 1.93. The zero-order valence-electron chi connectivity index (χ0n) is 13.6. The average Bonchev–Trinajstić information content (AvgIpc) is 3.09. The molecule has 1 unspecified atom stereocenters. The van der Waals surface area contributed by atoms with Gasteiger partial charge in [0, 0.05) is 30.8 Å². The van der Waals surface area contributed by atoms with E-state index < -0.39 is 5.82 Å². The van der Waals surface area contributed by atoms with Crippen LogP contribution in [0.3, 0.4) is 0 Å². The highest BCUT2D eigenvalue weighted by atomic mass is 19.1. The first-order valence-electron chi connectivity index (χ1n) is 7.76. The third kappa shape index (κ3) is 3.69.